The molecule has 0 aliphatic heterocycles. The van der Waals surface area contributed by atoms with Crippen LogP contribution in [-0.4, -0.2) is 16.8 Å². The van der Waals surface area contributed by atoms with Crippen molar-refractivity contribution in [3.8, 4) is 0 Å². The maximum atomic E-state index is 4.77. The van der Waals surface area contributed by atoms with Gasteiger partial charge in [-0.3, -0.25) is 4.68 Å². The summed E-state index contributed by atoms with van der Waals surface area (Å²) in [5.74, 6) is 0. The molecule has 3 aromatic rings. The van der Waals surface area contributed by atoms with E-state index in [0.29, 0.717) is 0 Å². The summed E-state index contributed by atoms with van der Waals surface area (Å²) in [4.78, 5) is 0. The first-order valence-electron chi connectivity index (χ1n) is 6.93. The molecular weight excluding hydrogens is 246 g/mol. The van der Waals surface area contributed by atoms with E-state index >= 15 is 0 Å². The van der Waals surface area contributed by atoms with Gasteiger partial charge in [0.2, 0.25) is 0 Å². The van der Waals surface area contributed by atoms with Gasteiger partial charge >= 0.3 is 0 Å². The molecule has 0 unspecified atom stereocenters. The number of aryl methyl sites for hydroxylation is 1. The molecule has 102 valence electrons. The Kier molecular flexibility index (Phi) is 3.52. The third-order valence-electron chi connectivity index (χ3n) is 3.66. The molecule has 0 aliphatic carbocycles. The first kappa shape index (κ1) is 12.9. The fourth-order valence-electron chi connectivity index (χ4n) is 2.56. The molecule has 1 heterocycles. The Hall–Kier alpha value is -2.13. The van der Waals surface area contributed by atoms with Crippen LogP contribution in [0.15, 0.2) is 48.5 Å². The maximum absolute atomic E-state index is 4.77. The molecule has 0 aliphatic rings. The van der Waals surface area contributed by atoms with Gasteiger partial charge in [0, 0.05) is 11.9 Å². The minimum absolute atomic E-state index is 0.793. The van der Waals surface area contributed by atoms with Crippen molar-refractivity contribution in [2.45, 2.75) is 20.0 Å². The number of benzene rings is 2. The highest BCUT2D eigenvalue weighted by Gasteiger charge is 2.10. The van der Waals surface area contributed by atoms with E-state index in [9.17, 15) is 0 Å². The summed E-state index contributed by atoms with van der Waals surface area (Å²) in [6.45, 7) is 3.76. The number of aromatic nitrogens is 2. The second-order valence-electron chi connectivity index (χ2n) is 5.08. The van der Waals surface area contributed by atoms with E-state index in [2.05, 4.69) is 65.5 Å². The van der Waals surface area contributed by atoms with Crippen LogP contribution in [-0.2, 0) is 13.1 Å². The summed E-state index contributed by atoms with van der Waals surface area (Å²) in [6.07, 6.45) is 0. The molecule has 0 fully saturated rings. The molecule has 0 amide bonds. The molecule has 0 saturated carbocycles. The Balaban J connectivity index is 2.05. The number of nitrogens with one attached hydrogen (secondary N) is 1. The van der Waals surface area contributed by atoms with Gasteiger partial charge in [0.15, 0.2) is 0 Å². The second-order valence-corrected chi connectivity index (χ2v) is 5.08. The number of nitrogens with zero attached hydrogens (tertiary/aromatic N) is 2. The van der Waals surface area contributed by atoms with Crippen LogP contribution < -0.4 is 5.32 Å². The predicted octanol–water partition coefficient (Wildman–Crippen LogP) is 3.11. The van der Waals surface area contributed by atoms with Gasteiger partial charge in [-0.1, -0.05) is 42.5 Å². The highest BCUT2D eigenvalue weighted by molar-refractivity contribution is 5.82. The Bertz CT molecular complexity index is 728. The lowest BCUT2D eigenvalue weighted by molar-refractivity contribution is 0.674. The molecule has 0 saturated heterocycles. The zero-order chi connectivity index (χ0) is 13.9. The molecule has 0 bridgehead atoms. The van der Waals surface area contributed by atoms with Crippen molar-refractivity contribution in [3.05, 3.63) is 65.4 Å². The molecule has 1 N–H and O–H groups in total. The molecule has 3 nitrogen and oxygen atoms in total. The standard InChI is InChI=1S/C17H19N3/c1-13-7-3-4-8-14(13)12-20-17-10-6-5-9-15(17)16(19-20)11-18-2/h3-10,18H,11-12H2,1-2H3. The van der Waals surface area contributed by atoms with E-state index in [4.69, 9.17) is 5.10 Å². The smallest absolute Gasteiger partial charge is 0.0841 e. The van der Waals surface area contributed by atoms with Crippen LogP contribution in [0.2, 0.25) is 0 Å². The van der Waals surface area contributed by atoms with Crippen LogP contribution in [0.25, 0.3) is 10.9 Å². The average Bonchev–Trinajstić information content (AvgIpc) is 2.81. The molecule has 0 spiro atoms. The van der Waals surface area contributed by atoms with E-state index in [1.165, 1.54) is 22.0 Å². The highest BCUT2D eigenvalue weighted by atomic mass is 15.3. The lowest BCUT2D eigenvalue weighted by Crippen LogP contribution is -2.08. The van der Waals surface area contributed by atoms with Crippen LogP contribution in [0.4, 0.5) is 0 Å². The van der Waals surface area contributed by atoms with Gasteiger partial charge in [0.05, 0.1) is 17.8 Å². The minimum atomic E-state index is 0.793. The van der Waals surface area contributed by atoms with Gasteiger partial charge in [-0.15, -0.1) is 0 Å². The molecule has 1 aromatic heterocycles. The third-order valence-corrected chi connectivity index (χ3v) is 3.66. The van der Waals surface area contributed by atoms with Gasteiger partial charge in [-0.05, 0) is 31.2 Å². The number of para-hydroxylation sites is 1. The number of hydrogen-bond donors (Lipinski definition) is 1. The molecular formula is C17H19N3. The van der Waals surface area contributed by atoms with E-state index in [1.54, 1.807) is 0 Å². The first-order chi connectivity index (χ1) is 9.79. The van der Waals surface area contributed by atoms with Crippen LogP contribution in [0, 0.1) is 6.92 Å². The lowest BCUT2D eigenvalue weighted by Gasteiger charge is -2.06. The molecule has 0 radical (unpaired) electrons. The fourth-order valence-corrected chi connectivity index (χ4v) is 2.56. The second kappa shape index (κ2) is 5.47. The molecule has 3 heteroatoms. The molecule has 20 heavy (non-hydrogen) atoms. The maximum Gasteiger partial charge on any atom is 0.0841 e. The lowest BCUT2D eigenvalue weighted by atomic mass is 10.1. The average molecular weight is 265 g/mol. The van der Waals surface area contributed by atoms with Crippen molar-refractivity contribution < 1.29 is 0 Å². The Morgan fingerprint density at radius 3 is 2.60 bits per heavy atom. The van der Waals surface area contributed by atoms with E-state index in [1.807, 2.05) is 7.05 Å². The van der Waals surface area contributed by atoms with E-state index < -0.39 is 0 Å². The number of hydrogen-bond acceptors (Lipinski definition) is 2. The Morgan fingerprint density at radius 1 is 1.05 bits per heavy atom. The highest BCUT2D eigenvalue weighted by Crippen LogP contribution is 2.20. The van der Waals surface area contributed by atoms with E-state index in [0.717, 1.165) is 18.8 Å². The van der Waals surface area contributed by atoms with Gasteiger partial charge in [-0.25, -0.2) is 0 Å². The topological polar surface area (TPSA) is 29.9 Å². The van der Waals surface area contributed by atoms with Crippen LogP contribution in [0.3, 0.4) is 0 Å². The first-order valence-corrected chi connectivity index (χ1v) is 6.93. The van der Waals surface area contributed by atoms with Crippen molar-refractivity contribution in [1.29, 1.82) is 0 Å². The van der Waals surface area contributed by atoms with Crippen molar-refractivity contribution >= 4 is 10.9 Å². The third kappa shape index (κ3) is 2.32. The molecule has 0 atom stereocenters. The van der Waals surface area contributed by atoms with Crippen molar-refractivity contribution in [1.82, 2.24) is 15.1 Å². The van der Waals surface area contributed by atoms with Crippen LogP contribution in [0.5, 0.6) is 0 Å². The Morgan fingerprint density at radius 2 is 1.80 bits per heavy atom. The predicted molar refractivity (Wildman–Crippen MR) is 82.8 cm³/mol. The zero-order valence-electron chi connectivity index (χ0n) is 11.9. The summed E-state index contributed by atoms with van der Waals surface area (Å²) in [7, 11) is 1.95. The van der Waals surface area contributed by atoms with Crippen LogP contribution in [0.1, 0.15) is 16.8 Å². The minimum Gasteiger partial charge on any atom is -0.314 e. The van der Waals surface area contributed by atoms with E-state index in [-0.39, 0.29) is 0 Å². The molecule has 2 aromatic carbocycles. The van der Waals surface area contributed by atoms with Gasteiger partial charge in [0.1, 0.15) is 0 Å². The SMILES string of the molecule is CNCc1nn(Cc2ccccc2C)c2ccccc12. The van der Waals surface area contributed by atoms with Crippen molar-refractivity contribution in [2.24, 2.45) is 0 Å². The van der Waals surface area contributed by atoms with Gasteiger partial charge < -0.3 is 5.32 Å². The van der Waals surface area contributed by atoms with Gasteiger partial charge in [-0.2, -0.15) is 5.10 Å². The number of rotatable bonds is 4. The zero-order valence-corrected chi connectivity index (χ0v) is 11.9. The van der Waals surface area contributed by atoms with Gasteiger partial charge in [0.25, 0.3) is 0 Å². The van der Waals surface area contributed by atoms with Crippen LogP contribution >= 0.6 is 0 Å². The Labute approximate surface area is 119 Å². The summed E-state index contributed by atoms with van der Waals surface area (Å²) in [5.41, 5.74) is 4.93. The normalized spacial score (nSPS) is 11.1. The summed E-state index contributed by atoms with van der Waals surface area (Å²) >= 11 is 0. The summed E-state index contributed by atoms with van der Waals surface area (Å²) < 4.78 is 2.10. The van der Waals surface area contributed by atoms with Crippen molar-refractivity contribution in [3.63, 3.8) is 0 Å². The molecule has 3 rings (SSSR count). The monoisotopic (exact) mass is 265 g/mol. The summed E-state index contributed by atoms with van der Waals surface area (Å²) in [6, 6.07) is 16.9. The van der Waals surface area contributed by atoms with Crippen molar-refractivity contribution in [2.75, 3.05) is 7.05 Å². The largest absolute Gasteiger partial charge is 0.314 e. The summed E-state index contributed by atoms with van der Waals surface area (Å²) in [5, 5.41) is 9.19. The number of fused-ring (bicyclic) bond motifs is 1. The fraction of sp³-hybridized carbons (Fsp3) is 0.235. The quantitative estimate of drug-likeness (QED) is 0.785.